The second-order valence-corrected chi connectivity index (χ2v) is 7.84. The summed E-state index contributed by atoms with van der Waals surface area (Å²) in [5, 5.41) is 5.46. The highest BCUT2D eigenvalue weighted by Gasteiger charge is 2.21. The smallest absolute Gasteiger partial charge is 0.378 e. The molecular weight excluding hydrogens is 449 g/mol. The van der Waals surface area contributed by atoms with Gasteiger partial charge in [0.25, 0.3) is 5.82 Å². The van der Waals surface area contributed by atoms with Crippen LogP contribution in [-0.4, -0.2) is 33.1 Å². The number of carbonyl (C=O) groups is 2. The Kier molecular flexibility index (Phi) is 6.35. The lowest BCUT2D eigenvalue weighted by molar-refractivity contribution is 0.0462. The number of benzene rings is 3. The van der Waals surface area contributed by atoms with Crippen molar-refractivity contribution in [2.24, 2.45) is 0 Å². The summed E-state index contributed by atoms with van der Waals surface area (Å²) in [6.45, 7) is 1.50. The maximum atomic E-state index is 12.6. The van der Waals surface area contributed by atoms with Crippen molar-refractivity contribution in [3.05, 3.63) is 99.8 Å². The molecule has 0 bridgehead atoms. The number of hydrogen-bond donors (Lipinski definition) is 0. The fourth-order valence-electron chi connectivity index (χ4n) is 3.07. The van der Waals surface area contributed by atoms with Gasteiger partial charge in [-0.3, -0.25) is 4.79 Å². The molecule has 6 nitrogen and oxygen atoms in total. The van der Waals surface area contributed by atoms with E-state index in [1.54, 1.807) is 53.2 Å². The first kappa shape index (κ1) is 21.7. The third-order valence-corrected chi connectivity index (χ3v) is 5.24. The van der Waals surface area contributed by atoms with Crippen molar-refractivity contribution in [2.45, 2.75) is 6.92 Å². The summed E-state index contributed by atoms with van der Waals surface area (Å²) < 4.78 is 6.76. The molecule has 1 heterocycles. The van der Waals surface area contributed by atoms with Crippen LogP contribution >= 0.6 is 23.2 Å². The zero-order chi connectivity index (χ0) is 22.7. The predicted octanol–water partition coefficient (Wildman–Crippen LogP) is 5.59. The summed E-state index contributed by atoms with van der Waals surface area (Å²) in [6, 6.07) is 21.0. The average Bonchev–Trinajstić information content (AvgIpc) is 3.24. The number of nitrogens with zero attached hydrogens (tertiary/aromatic N) is 3. The minimum atomic E-state index is -0.796. The van der Waals surface area contributed by atoms with E-state index >= 15 is 0 Å². The third-order valence-electron chi connectivity index (χ3n) is 4.74. The van der Waals surface area contributed by atoms with Crippen molar-refractivity contribution in [1.29, 1.82) is 0 Å². The molecule has 0 saturated carbocycles. The second kappa shape index (κ2) is 9.34. The van der Waals surface area contributed by atoms with Gasteiger partial charge in [0, 0.05) is 21.2 Å². The average molecular weight is 466 g/mol. The van der Waals surface area contributed by atoms with Gasteiger partial charge in [-0.25, -0.2) is 14.5 Å². The second-order valence-electron chi connectivity index (χ2n) is 6.97. The normalized spacial score (nSPS) is 10.7. The topological polar surface area (TPSA) is 74.1 Å². The first-order valence-electron chi connectivity index (χ1n) is 9.67. The Morgan fingerprint density at radius 1 is 0.906 bits per heavy atom. The molecular formula is C24H17Cl2N3O3. The molecule has 0 amide bonds. The lowest BCUT2D eigenvalue weighted by Gasteiger charge is -2.08. The SMILES string of the molecule is Cc1ccccc1-n1nc(C(=O)OCC(=O)c2ccc(Cl)cc2)nc1-c1ccc(Cl)cc1. The van der Waals surface area contributed by atoms with Crippen molar-refractivity contribution in [1.82, 2.24) is 14.8 Å². The monoisotopic (exact) mass is 465 g/mol. The number of Topliss-reactive ketones (excluding diaryl/α,β-unsaturated/α-hetero) is 1. The molecule has 32 heavy (non-hydrogen) atoms. The number of carbonyl (C=O) groups excluding carboxylic acids is 2. The van der Waals surface area contributed by atoms with Gasteiger partial charge < -0.3 is 4.74 Å². The lowest BCUT2D eigenvalue weighted by Crippen LogP contribution is -2.15. The van der Waals surface area contributed by atoms with Crippen LogP contribution in [0.3, 0.4) is 0 Å². The highest BCUT2D eigenvalue weighted by molar-refractivity contribution is 6.31. The van der Waals surface area contributed by atoms with E-state index in [9.17, 15) is 9.59 Å². The van der Waals surface area contributed by atoms with E-state index in [0.717, 1.165) is 16.8 Å². The van der Waals surface area contributed by atoms with Crippen LogP contribution in [0, 0.1) is 6.92 Å². The predicted molar refractivity (Wildman–Crippen MR) is 123 cm³/mol. The molecule has 0 atom stereocenters. The number of hydrogen-bond acceptors (Lipinski definition) is 5. The molecule has 0 N–H and O–H groups in total. The van der Waals surface area contributed by atoms with Crippen molar-refractivity contribution in [2.75, 3.05) is 6.61 Å². The standard InChI is InChI=1S/C24H17Cl2N3O3/c1-15-4-2-3-5-20(15)29-23(17-8-12-19(26)13-9-17)27-22(28-29)24(31)32-14-21(30)16-6-10-18(25)11-7-16/h2-13H,14H2,1H3. The van der Waals surface area contributed by atoms with Crippen molar-refractivity contribution in [3.8, 4) is 17.1 Å². The molecule has 0 unspecified atom stereocenters. The largest absolute Gasteiger partial charge is 0.451 e. The van der Waals surface area contributed by atoms with Gasteiger partial charge in [0.15, 0.2) is 18.2 Å². The number of halogens is 2. The van der Waals surface area contributed by atoms with E-state index in [1.807, 2.05) is 31.2 Å². The maximum absolute atomic E-state index is 12.6. The summed E-state index contributed by atoms with van der Waals surface area (Å²) in [5.41, 5.74) is 2.83. The molecule has 4 rings (SSSR count). The Balaban J connectivity index is 1.62. The van der Waals surface area contributed by atoms with Gasteiger partial charge in [-0.1, -0.05) is 41.4 Å². The minimum Gasteiger partial charge on any atom is -0.451 e. The van der Waals surface area contributed by atoms with Crippen molar-refractivity contribution < 1.29 is 14.3 Å². The molecule has 0 aliphatic rings. The third kappa shape index (κ3) is 4.72. The zero-order valence-electron chi connectivity index (χ0n) is 17.0. The van der Waals surface area contributed by atoms with Crippen LogP contribution < -0.4 is 0 Å². The van der Waals surface area contributed by atoms with Crippen LogP contribution in [0.1, 0.15) is 26.5 Å². The summed E-state index contributed by atoms with van der Waals surface area (Å²) in [6.07, 6.45) is 0. The molecule has 4 aromatic rings. The van der Waals surface area contributed by atoms with Gasteiger partial charge in [0.2, 0.25) is 0 Å². The highest BCUT2D eigenvalue weighted by atomic mass is 35.5. The fraction of sp³-hybridized carbons (Fsp3) is 0.0833. The van der Waals surface area contributed by atoms with Gasteiger partial charge in [-0.2, -0.15) is 0 Å². The van der Waals surface area contributed by atoms with E-state index < -0.39 is 12.6 Å². The fourth-order valence-corrected chi connectivity index (χ4v) is 3.32. The van der Waals surface area contributed by atoms with Crippen molar-refractivity contribution in [3.63, 3.8) is 0 Å². The molecule has 8 heteroatoms. The molecule has 3 aromatic carbocycles. The summed E-state index contributed by atoms with van der Waals surface area (Å²) >= 11 is 11.8. The quantitative estimate of drug-likeness (QED) is 0.274. The zero-order valence-corrected chi connectivity index (χ0v) is 18.5. The number of ether oxygens (including phenoxy) is 1. The van der Waals surface area contributed by atoms with E-state index in [-0.39, 0.29) is 11.6 Å². The lowest BCUT2D eigenvalue weighted by atomic mass is 10.1. The number of ketones is 1. The van der Waals surface area contributed by atoms with Gasteiger partial charge in [-0.05, 0) is 67.1 Å². The van der Waals surface area contributed by atoms with Crippen LogP contribution in [0.5, 0.6) is 0 Å². The molecule has 160 valence electrons. The number of esters is 1. The Labute approximate surface area is 194 Å². The summed E-state index contributed by atoms with van der Waals surface area (Å²) in [7, 11) is 0. The van der Waals surface area contributed by atoms with Crippen molar-refractivity contribution >= 4 is 35.0 Å². The van der Waals surface area contributed by atoms with Crippen LogP contribution in [0.2, 0.25) is 10.0 Å². The van der Waals surface area contributed by atoms with E-state index in [0.29, 0.717) is 21.4 Å². The Hall–Kier alpha value is -3.48. The van der Waals surface area contributed by atoms with Gasteiger partial charge in [-0.15, -0.1) is 5.10 Å². The highest BCUT2D eigenvalue weighted by Crippen LogP contribution is 2.24. The first-order valence-corrected chi connectivity index (χ1v) is 10.4. The number of aryl methyl sites for hydroxylation is 1. The van der Waals surface area contributed by atoms with Crippen LogP contribution in [0.15, 0.2) is 72.8 Å². The summed E-state index contributed by atoms with van der Waals surface area (Å²) in [4.78, 5) is 29.3. The van der Waals surface area contributed by atoms with E-state index in [1.165, 1.54) is 0 Å². The molecule has 0 aliphatic heterocycles. The number of aromatic nitrogens is 3. The van der Waals surface area contributed by atoms with Crippen LogP contribution in [-0.2, 0) is 4.74 Å². The molecule has 0 spiro atoms. The Bertz CT molecular complexity index is 1280. The molecule has 0 saturated heterocycles. The van der Waals surface area contributed by atoms with Crippen LogP contribution in [0.4, 0.5) is 0 Å². The molecule has 0 fully saturated rings. The van der Waals surface area contributed by atoms with Gasteiger partial charge in [0.1, 0.15) is 0 Å². The maximum Gasteiger partial charge on any atom is 0.378 e. The minimum absolute atomic E-state index is 0.151. The van der Waals surface area contributed by atoms with Gasteiger partial charge >= 0.3 is 5.97 Å². The Morgan fingerprint density at radius 3 is 2.19 bits per heavy atom. The Morgan fingerprint density at radius 2 is 1.53 bits per heavy atom. The molecule has 0 aliphatic carbocycles. The van der Waals surface area contributed by atoms with E-state index in [4.69, 9.17) is 27.9 Å². The number of rotatable bonds is 6. The summed E-state index contributed by atoms with van der Waals surface area (Å²) in [5.74, 6) is -0.852. The van der Waals surface area contributed by atoms with Crippen LogP contribution in [0.25, 0.3) is 17.1 Å². The van der Waals surface area contributed by atoms with Gasteiger partial charge in [0.05, 0.1) is 5.69 Å². The first-order chi connectivity index (χ1) is 15.4. The van der Waals surface area contributed by atoms with E-state index in [2.05, 4.69) is 10.1 Å². The molecule has 0 radical (unpaired) electrons. The number of para-hydroxylation sites is 1. The molecule has 1 aromatic heterocycles.